The molecule has 0 aliphatic rings. The number of aromatic nitrogens is 1. The van der Waals surface area contributed by atoms with Crippen molar-refractivity contribution in [3.8, 4) is 0 Å². The van der Waals surface area contributed by atoms with Crippen molar-refractivity contribution in [1.29, 1.82) is 0 Å². The molecular weight excluding hydrogens is 279 g/mol. The van der Waals surface area contributed by atoms with E-state index in [1.165, 1.54) is 5.56 Å². The SMILES string of the molecule is CCC(NC)c1ccn(Cc2ccc(Cl)cc2Cl)c1. The number of hydrogen-bond donors (Lipinski definition) is 1. The number of benzene rings is 1. The lowest BCUT2D eigenvalue weighted by molar-refractivity contribution is 0.575. The first-order valence-corrected chi connectivity index (χ1v) is 7.16. The summed E-state index contributed by atoms with van der Waals surface area (Å²) in [6.45, 7) is 2.94. The van der Waals surface area contributed by atoms with Gasteiger partial charge in [-0.05, 0) is 42.8 Å². The zero-order valence-corrected chi connectivity index (χ0v) is 12.7. The van der Waals surface area contributed by atoms with E-state index in [0.29, 0.717) is 16.1 Å². The Morgan fingerprint density at radius 3 is 2.68 bits per heavy atom. The molecule has 0 spiro atoms. The first-order chi connectivity index (χ1) is 9.13. The van der Waals surface area contributed by atoms with Crippen LogP contribution >= 0.6 is 23.2 Å². The van der Waals surface area contributed by atoms with Gasteiger partial charge in [0.1, 0.15) is 0 Å². The van der Waals surface area contributed by atoms with Crippen molar-refractivity contribution in [3.63, 3.8) is 0 Å². The summed E-state index contributed by atoms with van der Waals surface area (Å²) in [4.78, 5) is 0. The van der Waals surface area contributed by atoms with Crippen LogP contribution in [0.1, 0.15) is 30.5 Å². The van der Waals surface area contributed by atoms with Gasteiger partial charge in [0, 0.05) is 35.0 Å². The minimum Gasteiger partial charge on any atom is -0.350 e. The second-order valence-corrected chi connectivity index (χ2v) is 5.45. The van der Waals surface area contributed by atoms with Crippen molar-refractivity contribution in [2.45, 2.75) is 25.9 Å². The molecule has 1 unspecified atom stereocenters. The van der Waals surface area contributed by atoms with Crippen LogP contribution in [0.3, 0.4) is 0 Å². The van der Waals surface area contributed by atoms with Crippen LogP contribution < -0.4 is 5.32 Å². The molecule has 2 aromatic rings. The Labute approximate surface area is 124 Å². The number of nitrogens with zero attached hydrogens (tertiary/aromatic N) is 1. The quantitative estimate of drug-likeness (QED) is 0.859. The van der Waals surface area contributed by atoms with Crippen LogP contribution in [0.5, 0.6) is 0 Å². The minimum atomic E-state index is 0.405. The third kappa shape index (κ3) is 3.53. The highest BCUT2D eigenvalue weighted by Crippen LogP contribution is 2.23. The molecule has 1 heterocycles. The fourth-order valence-corrected chi connectivity index (χ4v) is 2.69. The lowest BCUT2D eigenvalue weighted by Crippen LogP contribution is -2.14. The average Bonchev–Trinajstić information content (AvgIpc) is 2.83. The molecule has 0 fully saturated rings. The lowest BCUT2D eigenvalue weighted by Gasteiger charge is -2.11. The largest absolute Gasteiger partial charge is 0.350 e. The fourth-order valence-electron chi connectivity index (χ4n) is 2.22. The average molecular weight is 297 g/mol. The monoisotopic (exact) mass is 296 g/mol. The van der Waals surface area contributed by atoms with E-state index in [1.54, 1.807) is 6.07 Å². The number of nitrogens with one attached hydrogen (secondary N) is 1. The first kappa shape index (κ1) is 14.4. The van der Waals surface area contributed by atoms with Crippen LogP contribution in [0.4, 0.5) is 0 Å². The van der Waals surface area contributed by atoms with E-state index in [4.69, 9.17) is 23.2 Å². The molecule has 1 aromatic heterocycles. The first-order valence-electron chi connectivity index (χ1n) is 6.41. The van der Waals surface area contributed by atoms with Crippen LogP contribution in [0.25, 0.3) is 0 Å². The van der Waals surface area contributed by atoms with Crippen LogP contribution in [-0.4, -0.2) is 11.6 Å². The number of halogens is 2. The van der Waals surface area contributed by atoms with Crippen molar-refractivity contribution in [1.82, 2.24) is 9.88 Å². The van der Waals surface area contributed by atoms with Gasteiger partial charge < -0.3 is 9.88 Å². The van der Waals surface area contributed by atoms with Crippen LogP contribution in [-0.2, 0) is 6.54 Å². The molecule has 0 saturated heterocycles. The molecule has 0 amide bonds. The molecule has 0 bridgehead atoms. The molecule has 0 aliphatic carbocycles. The summed E-state index contributed by atoms with van der Waals surface area (Å²) in [5, 5.41) is 4.69. The second-order valence-electron chi connectivity index (χ2n) is 4.60. The highest BCUT2D eigenvalue weighted by Gasteiger charge is 2.08. The normalized spacial score (nSPS) is 12.6. The van der Waals surface area contributed by atoms with Crippen molar-refractivity contribution in [2.75, 3.05) is 7.05 Å². The van der Waals surface area contributed by atoms with Gasteiger partial charge in [0.25, 0.3) is 0 Å². The van der Waals surface area contributed by atoms with E-state index in [-0.39, 0.29) is 0 Å². The summed E-state index contributed by atoms with van der Waals surface area (Å²) in [6.07, 6.45) is 5.32. The maximum Gasteiger partial charge on any atom is 0.0485 e. The Balaban J connectivity index is 2.15. The van der Waals surface area contributed by atoms with Crippen LogP contribution in [0.2, 0.25) is 10.0 Å². The van der Waals surface area contributed by atoms with Gasteiger partial charge in [-0.2, -0.15) is 0 Å². The Morgan fingerprint density at radius 2 is 2.05 bits per heavy atom. The van der Waals surface area contributed by atoms with Crippen molar-refractivity contribution in [2.24, 2.45) is 0 Å². The van der Waals surface area contributed by atoms with Crippen molar-refractivity contribution < 1.29 is 0 Å². The van der Waals surface area contributed by atoms with Gasteiger partial charge in [0.2, 0.25) is 0 Å². The Kier molecular flexibility index (Phi) is 4.92. The molecule has 1 aromatic carbocycles. The summed E-state index contributed by atoms with van der Waals surface area (Å²) >= 11 is 12.1. The van der Waals surface area contributed by atoms with Gasteiger partial charge in [-0.15, -0.1) is 0 Å². The molecule has 19 heavy (non-hydrogen) atoms. The van der Waals surface area contributed by atoms with E-state index in [2.05, 4.69) is 35.3 Å². The Hall–Kier alpha value is -0.960. The maximum atomic E-state index is 6.19. The minimum absolute atomic E-state index is 0.405. The topological polar surface area (TPSA) is 17.0 Å². The molecule has 1 N–H and O–H groups in total. The van der Waals surface area contributed by atoms with Gasteiger partial charge >= 0.3 is 0 Å². The van der Waals surface area contributed by atoms with Crippen LogP contribution in [0.15, 0.2) is 36.7 Å². The standard InChI is InChI=1S/C15H18Cl2N2/c1-3-15(18-2)12-6-7-19(10-12)9-11-4-5-13(16)8-14(11)17/h4-8,10,15,18H,3,9H2,1-2H3. The summed E-state index contributed by atoms with van der Waals surface area (Å²) < 4.78 is 2.14. The molecule has 4 heteroatoms. The molecule has 2 rings (SSSR count). The second kappa shape index (κ2) is 6.47. The summed E-state index contributed by atoms with van der Waals surface area (Å²) in [6, 6.07) is 8.18. The smallest absolute Gasteiger partial charge is 0.0485 e. The number of hydrogen-bond acceptors (Lipinski definition) is 1. The van der Waals surface area contributed by atoms with Crippen molar-refractivity contribution >= 4 is 23.2 Å². The van der Waals surface area contributed by atoms with E-state index in [0.717, 1.165) is 18.5 Å². The lowest BCUT2D eigenvalue weighted by atomic mass is 10.1. The Morgan fingerprint density at radius 1 is 1.26 bits per heavy atom. The zero-order chi connectivity index (χ0) is 13.8. The molecule has 1 atom stereocenters. The highest BCUT2D eigenvalue weighted by molar-refractivity contribution is 6.35. The van der Waals surface area contributed by atoms with E-state index >= 15 is 0 Å². The predicted octanol–water partition coefficient (Wildman–Crippen LogP) is 4.51. The Bertz CT molecular complexity index is 545. The van der Waals surface area contributed by atoms with Gasteiger partial charge in [-0.25, -0.2) is 0 Å². The summed E-state index contributed by atoms with van der Waals surface area (Å²) in [7, 11) is 1.99. The van der Waals surface area contributed by atoms with Gasteiger partial charge in [-0.3, -0.25) is 0 Å². The third-order valence-corrected chi connectivity index (χ3v) is 3.89. The zero-order valence-electron chi connectivity index (χ0n) is 11.2. The fraction of sp³-hybridized carbons (Fsp3) is 0.333. The van der Waals surface area contributed by atoms with Gasteiger partial charge in [-0.1, -0.05) is 36.2 Å². The maximum absolute atomic E-state index is 6.19. The number of rotatable bonds is 5. The molecule has 2 nitrogen and oxygen atoms in total. The van der Waals surface area contributed by atoms with Crippen molar-refractivity contribution in [3.05, 3.63) is 57.8 Å². The third-order valence-electron chi connectivity index (χ3n) is 3.30. The van der Waals surface area contributed by atoms with E-state index in [1.807, 2.05) is 19.2 Å². The highest BCUT2D eigenvalue weighted by atomic mass is 35.5. The predicted molar refractivity (Wildman–Crippen MR) is 82.1 cm³/mol. The molecular formula is C15H18Cl2N2. The summed E-state index contributed by atoms with van der Waals surface area (Å²) in [5.74, 6) is 0. The molecule has 0 saturated carbocycles. The molecule has 0 aliphatic heterocycles. The van der Waals surface area contributed by atoms with Gasteiger partial charge in [0.05, 0.1) is 0 Å². The summed E-state index contributed by atoms with van der Waals surface area (Å²) in [5.41, 5.74) is 2.38. The van der Waals surface area contributed by atoms with E-state index < -0.39 is 0 Å². The van der Waals surface area contributed by atoms with E-state index in [9.17, 15) is 0 Å². The molecule has 0 radical (unpaired) electrons. The van der Waals surface area contributed by atoms with Gasteiger partial charge in [0.15, 0.2) is 0 Å². The van der Waals surface area contributed by atoms with Crippen LogP contribution in [0, 0.1) is 0 Å². The molecule has 102 valence electrons.